The van der Waals surface area contributed by atoms with E-state index in [4.69, 9.17) is 0 Å². The highest BCUT2D eigenvalue weighted by molar-refractivity contribution is 5.93. The number of rotatable bonds is 5. The summed E-state index contributed by atoms with van der Waals surface area (Å²) in [6, 6.07) is 7.24. The highest BCUT2D eigenvalue weighted by atomic mass is 16.2. The van der Waals surface area contributed by atoms with Crippen molar-refractivity contribution in [1.29, 1.82) is 0 Å². The van der Waals surface area contributed by atoms with Crippen LogP contribution in [0.4, 0.5) is 11.4 Å². The third-order valence-electron chi connectivity index (χ3n) is 3.89. The molecule has 1 aromatic rings. The minimum absolute atomic E-state index is 0.0114. The van der Waals surface area contributed by atoms with E-state index in [9.17, 15) is 9.59 Å². The van der Waals surface area contributed by atoms with Gasteiger partial charge in [0.2, 0.25) is 11.8 Å². The lowest BCUT2D eigenvalue weighted by molar-refractivity contribution is -0.119. The first-order valence-corrected chi connectivity index (χ1v) is 7.96. The van der Waals surface area contributed by atoms with Crippen LogP contribution in [0.25, 0.3) is 0 Å². The molecule has 1 saturated heterocycles. The average Bonchev–Trinajstić information content (AvgIpc) is 2.50. The fourth-order valence-corrected chi connectivity index (χ4v) is 2.48. The predicted molar refractivity (Wildman–Crippen MR) is 88.8 cm³/mol. The van der Waals surface area contributed by atoms with Crippen LogP contribution >= 0.6 is 0 Å². The van der Waals surface area contributed by atoms with Crippen LogP contribution < -0.4 is 16.0 Å². The first-order chi connectivity index (χ1) is 10.5. The Labute approximate surface area is 131 Å². The second kappa shape index (κ2) is 7.94. The molecule has 1 aliphatic rings. The number of carbonyl (C=O) groups is 2. The molecule has 0 bridgehead atoms. The maximum absolute atomic E-state index is 12.0. The Morgan fingerprint density at radius 2 is 1.64 bits per heavy atom. The van der Waals surface area contributed by atoms with E-state index in [1.54, 1.807) is 12.1 Å². The quantitative estimate of drug-likeness (QED) is 0.783. The zero-order valence-electron chi connectivity index (χ0n) is 13.3. The molecular formula is C17H25N3O2. The molecule has 5 nitrogen and oxygen atoms in total. The second-order valence-corrected chi connectivity index (χ2v) is 6.17. The molecule has 1 heterocycles. The average molecular weight is 303 g/mol. The summed E-state index contributed by atoms with van der Waals surface area (Å²) in [5.74, 6) is 0.476. The maximum Gasteiger partial charge on any atom is 0.226 e. The van der Waals surface area contributed by atoms with Crippen molar-refractivity contribution in [1.82, 2.24) is 5.32 Å². The van der Waals surface area contributed by atoms with Gasteiger partial charge in [-0.15, -0.1) is 0 Å². The molecule has 0 unspecified atom stereocenters. The van der Waals surface area contributed by atoms with Gasteiger partial charge in [0.05, 0.1) is 0 Å². The summed E-state index contributed by atoms with van der Waals surface area (Å²) in [5, 5.41) is 9.05. The molecule has 1 aromatic carbocycles. The lowest BCUT2D eigenvalue weighted by Gasteiger charge is -2.21. The topological polar surface area (TPSA) is 70.2 Å². The summed E-state index contributed by atoms with van der Waals surface area (Å²) in [4.78, 5) is 23.6. The minimum Gasteiger partial charge on any atom is -0.326 e. The normalized spacial score (nSPS) is 15.6. The van der Waals surface area contributed by atoms with Crippen LogP contribution in [0.15, 0.2) is 24.3 Å². The molecule has 0 aromatic heterocycles. The minimum atomic E-state index is -0.0515. The van der Waals surface area contributed by atoms with Gasteiger partial charge in [-0.25, -0.2) is 0 Å². The van der Waals surface area contributed by atoms with Gasteiger partial charge in [-0.3, -0.25) is 9.59 Å². The van der Waals surface area contributed by atoms with Gasteiger partial charge >= 0.3 is 0 Å². The fraction of sp³-hybridized carbons (Fsp3) is 0.529. The number of nitrogens with one attached hydrogen (secondary N) is 3. The molecule has 1 fully saturated rings. The zero-order chi connectivity index (χ0) is 15.9. The number of piperidine rings is 1. The summed E-state index contributed by atoms with van der Waals surface area (Å²) in [6.45, 7) is 5.71. The Morgan fingerprint density at radius 3 is 2.18 bits per heavy atom. The summed E-state index contributed by atoms with van der Waals surface area (Å²) in [7, 11) is 0. The van der Waals surface area contributed by atoms with Gasteiger partial charge in [0.1, 0.15) is 0 Å². The molecule has 5 heteroatoms. The van der Waals surface area contributed by atoms with Gasteiger partial charge in [-0.2, -0.15) is 0 Å². The highest BCUT2D eigenvalue weighted by Crippen LogP contribution is 2.18. The van der Waals surface area contributed by atoms with Crippen molar-refractivity contribution in [2.24, 2.45) is 11.8 Å². The van der Waals surface area contributed by atoms with Crippen LogP contribution in [-0.4, -0.2) is 24.9 Å². The van der Waals surface area contributed by atoms with Gasteiger partial charge in [0.15, 0.2) is 0 Å². The number of anilines is 2. The third-order valence-corrected chi connectivity index (χ3v) is 3.89. The fourth-order valence-electron chi connectivity index (χ4n) is 2.48. The molecule has 1 aliphatic heterocycles. The Hall–Kier alpha value is -1.88. The van der Waals surface area contributed by atoms with Crippen molar-refractivity contribution >= 4 is 23.2 Å². The van der Waals surface area contributed by atoms with Gasteiger partial charge in [-0.05, 0) is 56.1 Å². The first-order valence-electron chi connectivity index (χ1n) is 7.96. The van der Waals surface area contributed by atoms with E-state index in [2.05, 4.69) is 16.0 Å². The SMILES string of the molecule is CC(C)C(=O)Nc1ccc(NC(=O)CC2CCNCC2)cc1. The van der Waals surface area contributed by atoms with E-state index < -0.39 is 0 Å². The Kier molecular flexibility index (Phi) is 5.95. The molecule has 120 valence electrons. The van der Waals surface area contributed by atoms with E-state index in [1.165, 1.54) is 0 Å². The molecule has 22 heavy (non-hydrogen) atoms. The molecule has 0 saturated carbocycles. The molecule has 0 radical (unpaired) electrons. The van der Waals surface area contributed by atoms with E-state index in [1.807, 2.05) is 26.0 Å². The Balaban J connectivity index is 1.82. The summed E-state index contributed by atoms with van der Waals surface area (Å²) in [6.07, 6.45) is 2.70. The second-order valence-electron chi connectivity index (χ2n) is 6.17. The van der Waals surface area contributed by atoms with Crippen molar-refractivity contribution in [3.05, 3.63) is 24.3 Å². The molecule has 3 N–H and O–H groups in total. The first kappa shape index (κ1) is 16.5. The lowest BCUT2D eigenvalue weighted by Crippen LogP contribution is -2.30. The van der Waals surface area contributed by atoms with E-state index in [-0.39, 0.29) is 17.7 Å². The standard InChI is InChI=1S/C17H25N3O2/c1-12(2)17(22)20-15-5-3-14(4-6-15)19-16(21)11-13-7-9-18-10-8-13/h3-6,12-13,18H,7-11H2,1-2H3,(H,19,21)(H,20,22). The van der Waals surface area contributed by atoms with Crippen LogP contribution in [0.3, 0.4) is 0 Å². The number of hydrogen-bond acceptors (Lipinski definition) is 3. The lowest BCUT2D eigenvalue weighted by atomic mass is 9.94. The van der Waals surface area contributed by atoms with E-state index in [0.717, 1.165) is 37.3 Å². The van der Waals surface area contributed by atoms with Gasteiger partial charge in [0, 0.05) is 23.7 Å². The van der Waals surface area contributed by atoms with Crippen molar-refractivity contribution in [3.63, 3.8) is 0 Å². The van der Waals surface area contributed by atoms with Crippen molar-refractivity contribution < 1.29 is 9.59 Å². The van der Waals surface area contributed by atoms with Crippen molar-refractivity contribution in [2.75, 3.05) is 23.7 Å². The molecule has 0 atom stereocenters. The summed E-state index contributed by atoms with van der Waals surface area (Å²) < 4.78 is 0. The monoisotopic (exact) mass is 303 g/mol. The van der Waals surface area contributed by atoms with Crippen LogP contribution in [0.1, 0.15) is 33.1 Å². The molecule has 2 amide bonds. The van der Waals surface area contributed by atoms with E-state index in [0.29, 0.717) is 12.3 Å². The van der Waals surface area contributed by atoms with Crippen LogP contribution in [0.2, 0.25) is 0 Å². The summed E-state index contributed by atoms with van der Waals surface area (Å²) in [5.41, 5.74) is 1.51. The van der Waals surface area contributed by atoms with Crippen molar-refractivity contribution in [3.8, 4) is 0 Å². The third kappa shape index (κ3) is 5.15. The van der Waals surface area contributed by atoms with Gasteiger partial charge in [0.25, 0.3) is 0 Å². The number of carbonyl (C=O) groups excluding carboxylic acids is 2. The van der Waals surface area contributed by atoms with Crippen LogP contribution in [0.5, 0.6) is 0 Å². The Bertz CT molecular complexity index is 505. The molecular weight excluding hydrogens is 278 g/mol. The Morgan fingerprint density at radius 1 is 1.09 bits per heavy atom. The summed E-state index contributed by atoms with van der Waals surface area (Å²) >= 11 is 0. The molecule has 0 spiro atoms. The van der Waals surface area contributed by atoms with Crippen LogP contribution in [0, 0.1) is 11.8 Å². The van der Waals surface area contributed by atoms with Crippen LogP contribution in [-0.2, 0) is 9.59 Å². The number of amides is 2. The molecule has 2 rings (SSSR count). The highest BCUT2D eigenvalue weighted by Gasteiger charge is 2.16. The largest absolute Gasteiger partial charge is 0.326 e. The zero-order valence-corrected chi connectivity index (χ0v) is 13.3. The van der Waals surface area contributed by atoms with E-state index >= 15 is 0 Å². The smallest absolute Gasteiger partial charge is 0.226 e. The number of benzene rings is 1. The molecule has 0 aliphatic carbocycles. The number of hydrogen-bond donors (Lipinski definition) is 3. The van der Waals surface area contributed by atoms with Crippen molar-refractivity contribution in [2.45, 2.75) is 33.1 Å². The predicted octanol–water partition coefficient (Wildman–Crippen LogP) is 2.61. The van der Waals surface area contributed by atoms with Gasteiger partial charge < -0.3 is 16.0 Å². The van der Waals surface area contributed by atoms with Gasteiger partial charge in [-0.1, -0.05) is 13.8 Å². The maximum atomic E-state index is 12.0.